The van der Waals surface area contributed by atoms with Crippen LogP contribution in [0.4, 0.5) is 5.82 Å². The standard InChI is InChI=1S/C14H17N3O/c1-10(2)8-14(18)15-13-9-12(16-17-13)11-6-4-3-5-7-11/h3-7,9-10H,8H2,1-2H3,(H2,15,16,17,18). The van der Waals surface area contributed by atoms with Crippen LogP contribution in [0.15, 0.2) is 36.4 Å². The van der Waals surface area contributed by atoms with Crippen LogP contribution in [0.3, 0.4) is 0 Å². The average molecular weight is 243 g/mol. The van der Waals surface area contributed by atoms with E-state index >= 15 is 0 Å². The Morgan fingerprint density at radius 3 is 2.72 bits per heavy atom. The van der Waals surface area contributed by atoms with Gasteiger partial charge in [-0.25, -0.2) is 0 Å². The molecule has 2 rings (SSSR count). The molecule has 0 atom stereocenters. The van der Waals surface area contributed by atoms with E-state index in [1.807, 2.05) is 50.2 Å². The van der Waals surface area contributed by atoms with Crippen molar-refractivity contribution in [3.8, 4) is 11.3 Å². The summed E-state index contributed by atoms with van der Waals surface area (Å²) in [5, 5.41) is 9.78. The van der Waals surface area contributed by atoms with Crippen molar-refractivity contribution in [2.24, 2.45) is 5.92 Å². The fraction of sp³-hybridized carbons (Fsp3) is 0.286. The van der Waals surface area contributed by atoms with Crippen LogP contribution in [0, 0.1) is 5.92 Å². The number of carbonyl (C=O) groups excluding carboxylic acids is 1. The van der Waals surface area contributed by atoms with E-state index in [9.17, 15) is 4.79 Å². The minimum absolute atomic E-state index is 0.00360. The summed E-state index contributed by atoms with van der Waals surface area (Å²) in [7, 11) is 0. The van der Waals surface area contributed by atoms with Crippen LogP contribution in [-0.4, -0.2) is 16.1 Å². The Hall–Kier alpha value is -2.10. The molecule has 0 aliphatic heterocycles. The predicted molar refractivity (Wildman–Crippen MR) is 72.1 cm³/mol. The molecule has 0 saturated heterocycles. The van der Waals surface area contributed by atoms with Crippen molar-refractivity contribution < 1.29 is 4.79 Å². The number of H-pyrrole nitrogens is 1. The third kappa shape index (κ3) is 3.20. The molecule has 0 spiro atoms. The first-order valence-corrected chi connectivity index (χ1v) is 6.06. The van der Waals surface area contributed by atoms with Gasteiger partial charge < -0.3 is 5.32 Å². The Morgan fingerprint density at radius 1 is 1.33 bits per heavy atom. The summed E-state index contributed by atoms with van der Waals surface area (Å²) in [6.07, 6.45) is 0.507. The number of anilines is 1. The molecular weight excluding hydrogens is 226 g/mol. The van der Waals surface area contributed by atoms with Crippen LogP contribution < -0.4 is 5.32 Å². The van der Waals surface area contributed by atoms with Crippen molar-refractivity contribution in [3.63, 3.8) is 0 Å². The molecule has 4 nitrogen and oxygen atoms in total. The maximum absolute atomic E-state index is 11.6. The van der Waals surface area contributed by atoms with Crippen molar-refractivity contribution in [3.05, 3.63) is 36.4 Å². The Labute approximate surface area is 106 Å². The number of nitrogens with one attached hydrogen (secondary N) is 2. The Morgan fingerprint density at radius 2 is 2.06 bits per heavy atom. The van der Waals surface area contributed by atoms with Crippen molar-refractivity contribution in [1.82, 2.24) is 10.2 Å². The van der Waals surface area contributed by atoms with Crippen molar-refractivity contribution in [2.45, 2.75) is 20.3 Å². The van der Waals surface area contributed by atoms with Crippen LogP contribution in [-0.2, 0) is 4.79 Å². The van der Waals surface area contributed by atoms with Gasteiger partial charge in [-0.15, -0.1) is 0 Å². The fourth-order valence-electron chi connectivity index (χ4n) is 1.72. The van der Waals surface area contributed by atoms with Crippen LogP contribution in [0.1, 0.15) is 20.3 Å². The number of amides is 1. The summed E-state index contributed by atoms with van der Waals surface area (Å²) in [5.41, 5.74) is 1.95. The second-order valence-electron chi connectivity index (χ2n) is 4.68. The minimum Gasteiger partial charge on any atom is -0.309 e. The van der Waals surface area contributed by atoms with Gasteiger partial charge in [0.1, 0.15) is 0 Å². The topological polar surface area (TPSA) is 57.8 Å². The smallest absolute Gasteiger partial charge is 0.225 e. The lowest BCUT2D eigenvalue weighted by Crippen LogP contribution is -2.13. The third-order valence-electron chi connectivity index (χ3n) is 2.52. The molecule has 0 aliphatic rings. The van der Waals surface area contributed by atoms with Gasteiger partial charge in [0.05, 0.1) is 5.69 Å². The molecule has 0 radical (unpaired) electrons. The van der Waals surface area contributed by atoms with E-state index in [2.05, 4.69) is 15.5 Å². The third-order valence-corrected chi connectivity index (χ3v) is 2.52. The number of aromatic nitrogens is 2. The number of nitrogens with zero attached hydrogens (tertiary/aromatic N) is 1. The van der Waals surface area contributed by atoms with Gasteiger partial charge in [0.15, 0.2) is 5.82 Å². The lowest BCUT2D eigenvalue weighted by atomic mass is 10.1. The average Bonchev–Trinajstić information content (AvgIpc) is 2.77. The number of carbonyl (C=O) groups is 1. The highest BCUT2D eigenvalue weighted by atomic mass is 16.1. The predicted octanol–water partition coefficient (Wildman–Crippen LogP) is 3.06. The summed E-state index contributed by atoms with van der Waals surface area (Å²) in [5.74, 6) is 0.910. The highest BCUT2D eigenvalue weighted by Gasteiger charge is 2.08. The molecule has 2 aromatic rings. The molecule has 0 bridgehead atoms. The second kappa shape index (κ2) is 5.49. The SMILES string of the molecule is CC(C)CC(=O)Nc1cc(-c2ccccc2)[nH]n1. The normalized spacial score (nSPS) is 10.6. The highest BCUT2D eigenvalue weighted by Crippen LogP contribution is 2.19. The number of rotatable bonds is 4. The Kier molecular flexibility index (Phi) is 3.77. The van der Waals surface area contributed by atoms with Gasteiger partial charge in [-0.1, -0.05) is 44.2 Å². The van der Waals surface area contributed by atoms with Crippen LogP contribution in [0.25, 0.3) is 11.3 Å². The molecule has 1 aromatic heterocycles. The first-order chi connectivity index (χ1) is 8.65. The van der Waals surface area contributed by atoms with Crippen molar-refractivity contribution in [1.29, 1.82) is 0 Å². The van der Waals surface area contributed by atoms with E-state index in [4.69, 9.17) is 0 Å². The summed E-state index contributed by atoms with van der Waals surface area (Å²) in [6.45, 7) is 4.03. The van der Waals surface area contributed by atoms with Gasteiger partial charge >= 0.3 is 0 Å². The molecule has 0 fully saturated rings. The summed E-state index contributed by atoms with van der Waals surface area (Å²) in [4.78, 5) is 11.6. The molecule has 1 amide bonds. The minimum atomic E-state index is -0.00360. The van der Waals surface area contributed by atoms with Gasteiger partial charge in [0.25, 0.3) is 0 Å². The summed E-state index contributed by atoms with van der Waals surface area (Å²) in [6, 6.07) is 11.7. The number of hydrogen-bond acceptors (Lipinski definition) is 2. The molecule has 94 valence electrons. The van der Waals surface area contributed by atoms with Gasteiger partial charge in [0, 0.05) is 12.5 Å². The van der Waals surface area contributed by atoms with Gasteiger partial charge in [-0.05, 0) is 11.5 Å². The van der Waals surface area contributed by atoms with Gasteiger partial charge in [-0.2, -0.15) is 5.10 Å². The second-order valence-corrected chi connectivity index (χ2v) is 4.68. The maximum atomic E-state index is 11.6. The zero-order valence-corrected chi connectivity index (χ0v) is 10.6. The Balaban J connectivity index is 2.05. The zero-order valence-electron chi connectivity index (χ0n) is 10.6. The molecule has 0 unspecified atom stereocenters. The monoisotopic (exact) mass is 243 g/mol. The zero-order chi connectivity index (χ0) is 13.0. The molecular formula is C14H17N3O. The lowest BCUT2D eigenvalue weighted by Gasteiger charge is -2.03. The van der Waals surface area contributed by atoms with Crippen molar-refractivity contribution >= 4 is 11.7 Å². The largest absolute Gasteiger partial charge is 0.309 e. The molecule has 18 heavy (non-hydrogen) atoms. The van der Waals surface area contributed by atoms with Crippen LogP contribution in [0.2, 0.25) is 0 Å². The van der Waals surface area contributed by atoms with Crippen molar-refractivity contribution in [2.75, 3.05) is 5.32 Å². The first-order valence-electron chi connectivity index (χ1n) is 6.06. The molecule has 0 saturated carbocycles. The quantitative estimate of drug-likeness (QED) is 0.867. The van der Waals surface area contributed by atoms with Crippen LogP contribution >= 0.6 is 0 Å². The van der Waals surface area contributed by atoms with E-state index in [1.165, 1.54) is 0 Å². The number of benzene rings is 1. The molecule has 0 aliphatic carbocycles. The first kappa shape index (κ1) is 12.4. The summed E-state index contributed by atoms with van der Waals surface area (Å²) < 4.78 is 0. The number of aromatic amines is 1. The highest BCUT2D eigenvalue weighted by molar-refractivity contribution is 5.90. The number of hydrogen-bond donors (Lipinski definition) is 2. The van der Waals surface area contributed by atoms with E-state index in [0.29, 0.717) is 18.2 Å². The van der Waals surface area contributed by atoms with Gasteiger partial charge in [-0.3, -0.25) is 9.89 Å². The van der Waals surface area contributed by atoms with E-state index in [0.717, 1.165) is 11.3 Å². The molecule has 2 N–H and O–H groups in total. The maximum Gasteiger partial charge on any atom is 0.225 e. The molecule has 1 aromatic carbocycles. The van der Waals surface area contributed by atoms with E-state index in [1.54, 1.807) is 0 Å². The Bertz CT molecular complexity index is 517. The lowest BCUT2D eigenvalue weighted by molar-refractivity contribution is -0.116. The van der Waals surface area contributed by atoms with Crippen LogP contribution in [0.5, 0.6) is 0 Å². The van der Waals surface area contributed by atoms with E-state index in [-0.39, 0.29) is 5.91 Å². The van der Waals surface area contributed by atoms with Gasteiger partial charge in [0.2, 0.25) is 5.91 Å². The molecule has 4 heteroatoms. The fourth-order valence-corrected chi connectivity index (χ4v) is 1.72. The summed E-state index contributed by atoms with van der Waals surface area (Å²) >= 11 is 0. The van der Waals surface area contributed by atoms with E-state index < -0.39 is 0 Å². The molecule has 1 heterocycles.